The van der Waals surface area contributed by atoms with E-state index in [1.165, 1.54) is 4.68 Å². The summed E-state index contributed by atoms with van der Waals surface area (Å²) in [6.07, 6.45) is 1.59. The number of furan rings is 1. The number of aromatic nitrogens is 2. The predicted octanol–water partition coefficient (Wildman–Crippen LogP) is 8.20. The van der Waals surface area contributed by atoms with E-state index in [4.69, 9.17) is 18.9 Å². The molecule has 0 N–H and O–H groups in total. The van der Waals surface area contributed by atoms with Crippen LogP contribution in [0.5, 0.6) is 11.5 Å². The fourth-order valence-electron chi connectivity index (χ4n) is 5.10. The Morgan fingerprint density at radius 1 is 0.860 bits per heavy atom. The molecule has 7 rings (SSSR count). The first-order valence-corrected chi connectivity index (χ1v) is 14.4. The maximum atomic E-state index is 13.6. The maximum absolute atomic E-state index is 13.6. The summed E-state index contributed by atoms with van der Waals surface area (Å²) < 4.78 is 20.0. The molecule has 0 spiro atoms. The lowest BCUT2D eigenvalue weighted by molar-refractivity contribution is 0.285. The minimum absolute atomic E-state index is 0.300. The number of nitrogens with zero attached hydrogens (tertiary/aromatic N) is 3. The second-order valence-corrected chi connectivity index (χ2v) is 10.8. The highest BCUT2D eigenvalue weighted by Gasteiger charge is 2.17. The molecule has 0 aliphatic rings. The van der Waals surface area contributed by atoms with Gasteiger partial charge in [0, 0.05) is 15.4 Å². The number of hydrogen-bond donors (Lipinski definition) is 0. The van der Waals surface area contributed by atoms with E-state index in [0.717, 1.165) is 26.2 Å². The molecule has 0 unspecified atom stereocenters. The molecule has 0 radical (unpaired) electrons. The molecule has 0 atom stereocenters. The van der Waals surface area contributed by atoms with Gasteiger partial charge < -0.3 is 13.9 Å². The Bertz CT molecular complexity index is 2200. The molecule has 5 aromatic carbocycles. The van der Waals surface area contributed by atoms with Gasteiger partial charge in [-0.3, -0.25) is 4.79 Å². The summed E-state index contributed by atoms with van der Waals surface area (Å²) in [5.74, 6) is 1.85. The number of halogens is 1. The van der Waals surface area contributed by atoms with Crippen LogP contribution >= 0.6 is 15.9 Å². The predicted molar refractivity (Wildman–Crippen MR) is 173 cm³/mol. The first kappa shape index (κ1) is 26.7. The molecule has 0 bridgehead atoms. The first-order chi connectivity index (χ1) is 21.1. The van der Waals surface area contributed by atoms with E-state index in [9.17, 15) is 4.79 Å². The van der Waals surface area contributed by atoms with Crippen LogP contribution < -0.4 is 15.0 Å². The molecular weight excluding hydrogens is 606 g/mol. The molecule has 210 valence electrons. The molecule has 0 amide bonds. The quantitative estimate of drug-likeness (QED) is 0.166. The van der Waals surface area contributed by atoms with E-state index in [-0.39, 0.29) is 5.56 Å². The Kier molecular flexibility index (Phi) is 6.96. The Morgan fingerprint density at radius 3 is 2.44 bits per heavy atom. The van der Waals surface area contributed by atoms with Crippen LogP contribution in [0.3, 0.4) is 0 Å². The van der Waals surface area contributed by atoms with Crippen molar-refractivity contribution in [3.8, 4) is 23.1 Å². The van der Waals surface area contributed by atoms with Crippen molar-refractivity contribution in [2.75, 3.05) is 7.11 Å². The van der Waals surface area contributed by atoms with Crippen LogP contribution in [0.15, 0.2) is 128 Å². The molecule has 2 aromatic heterocycles. The van der Waals surface area contributed by atoms with Gasteiger partial charge in [-0.2, -0.15) is 9.78 Å². The molecule has 0 saturated heterocycles. The SMILES string of the molecule is COc1cc(C=Nn2c(-c3cc4ccccc4o3)nc3ccccc3c2=O)c(Br)cc1OCc1cccc2ccccc12. The monoisotopic (exact) mass is 629 g/mol. The summed E-state index contributed by atoms with van der Waals surface area (Å²) in [7, 11) is 1.59. The molecule has 0 aliphatic heterocycles. The van der Waals surface area contributed by atoms with Gasteiger partial charge in [0.2, 0.25) is 5.82 Å². The molecule has 7 aromatic rings. The first-order valence-electron chi connectivity index (χ1n) is 13.6. The van der Waals surface area contributed by atoms with E-state index in [0.29, 0.717) is 51.7 Å². The van der Waals surface area contributed by atoms with Crippen LogP contribution in [-0.4, -0.2) is 23.0 Å². The summed E-state index contributed by atoms with van der Waals surface area (Å²) in [6.45, 7) is 0.372. The second kappa shape index (κ2) is 11.2. The fraction of sp³-hybridized carbons (Fsp3) is 0.0571. The zero-order valence-corrected chi connectivity index (χ0v) is 24.6. The zero-order chi connectivity index (χ0) is 29.3. The molecule has 8 heteroatoms. The minimum Gasteiger partial charge on any atom is -0.493 e. The average molecular weight is 630 g/mol. The van der Waals surface area contributed by atoms with Crippen molar-refractivity contribution >= 4 is 54.8 Å². The fourth-order valence-corrected chi connectivity index (χ4v) is 5.52. The van der Waals surface area contributed by atoms with Gasteiger partial charge in [-0.25, -0.2) is 4.98 Å². The standard InChI is InChI=1S/C35H24BrN3O4/c1-41-31-18-25(28(36)19-32(31)42-21-24-12-8-11-22-9-2-4-13-26(22)24)20-37-39-34(33-17-23-10-3-7-16-30(23)43-33)38-29-15-6-5-14-27(29)35(39)40/h2-20H,21H2,1H3. The van der Waals surface area contributed by atoms with Crippen molar-refractivity contribution in [3.05, 3.63) is 135 Å². The molecule has 43 heavy (non-hydrogen) atoms. The maximum Gasteiger partial charge on any atom is 0.282 e. The van der Waals surface area contributed by atoms with Gasteiger partial charge in [-0.15, -0.1) is 0 Å². The average Bonchev–Trinajstić information content (AvgIpc) is 3.48. The third kappa shape index (κ3) is 5.06. The van der Waals surface area contributed by atoms with E-state index in [2.05, 4.69) is 45.3 Å². The summed E-state index contributed by atoms with van der Waals surface area (Å²) in [5.41, 5.74) is 2.70. The summed E-state index contributed by atoms with van der Waals surface area (Å²) in [5, 5.41) is 8.25. The number of ether oxygens (including phenoxy) is 2. The molecule has 2 heterocycles. The highest BCUT2D eigenvalue weighted by atomic mass is 79.9. The Labute approximate surface area is 254 Å². The Balaban J connectivity index is 1.26. The lowest BCUT2D eigenvalue weighted by atomic mass is 10.1. The van der Waals surface area contributed by atoms with E-state index in [1.54, 1.807) is 31.5 Å². The zero-order valence-electron chi connectivity index (χ0n) is 23.0. The van der Waals surface area contributed by atoms with Crippen LogP contribution in [0.2, 0.25) is 0 Å². The highest BCUT2D eigenvalue weighted by Crippen LogP contribution is 2.34. The Morgan fingerprint density at radius 2 is 1.60 bits per heavy atom. The van der Waals surface area contributed by atoms with Gasteiger partial charge in [0.1, 0.15) is 12.2 Å². The van der Waals surface area contributed by atoms with Crippen LogP contribution in [0, 0.1) is 0 Å². The van der Waals surface area contributed by atoms with Crippen molar-refractivity contribution in [3.63, 3.8) is 0 Å². The molecule has 0 saturated carbocycles. The van der Waals surface area contributed by atoms with Gasteiger partial charge >= 0.3 is 0 Å². The topological polar surface area (TPSA) is 78.9 Å². The number of rotatable bonds is 7. The van der Waals surface area contributed by atoms with Gasteiger partial charge in [-0.05, 0) is 68.7 Å². The lowest BCUT2D eigenvalue weighted by Gasteiger charge is -2.14. The van der Waals surface area contributed by atoms with Crippen LogP contribution in [-0.2, 0) is 6.61 Å². The van der Waals surface area contributed by atoms with Gasteiger partial charge in [0.05, 0.1) is 24.2 Å². The normalized spacial score (nSPS) is 11.6. The second-order valence-electron chi connectivity index (χ2n) is 9.91. The number of methoxy groups -OCH3 is 1. The lowest BCUT2D eigenvalue weighted by Crippen LogP contribution is -2.20. The van der Waals surface area contributed by atoms with Gasteiger partial charge in [0.15, 0.2) is 17.3 Å². The molecule has 0 aliphatic carbocycles. The van der Waals surface area contributed by atoms with Crippen molar-refractivity contribution in [2.24, 2.45) is 5.10 Å². The van der Waals surface area contributed by atoms with E-state index < -0.39 is 0 Å². The van der Waals surface area contributed by atoms with Crippen LogP contribution in [0.1, 0.15) is 11.1 Å². The number of benzene rings is 5. The molecule has 7 nitrogen and oxygen atoms in total. The smallest absolute Gasteiger partial charge is 0.282 e. The summed E-state index contributed by atoms with van der Waals surface area (Å²) >= 11 is 3.65. The van der Waals surface area contributed by atoms with Crippen molar-refractivity contribution in [1.29, 1.82) is 0 Å². The number of hydrogen-bond acceptors (Lipinski definition) is 6. The van der Waals surface area contributed by atoms with Crippen molar-refractivity contribution in [1.82, 2.24) is 9.66 Å². The van der Waals surface area contributed by atoms with Gasteiger partial charge in [-0.1, -0.05) is 72.8 Å². The minimum atomic E-state index is -0.310. The molecular formula is C35H24BrN3O4. The summed E-state index contributed by atoms with van der Waals surface area (Å²) in [4.78, 5) is 18.4. The van der Waals surface area contributed by atoms with Crippen LogP contribution in [0.4, 0.5) is 0 Å². The number of para-hydroxylation sites is 2. The van der Waals surface area contributed by atoms with Gasteiger partial charge in [0.25, 0.3) is 5.56 Å². The van der Waals surface area contributed by atoms with Crippen LogP contribution in [0.25, 0.3) is 44.2 Å². The largest absolute Gasteiger partial charge is 0.493 e. The third-order valence-corrected chi connectivity index (χ3v) is 7.94. The third-order valence-electron chi connectivity index (χ3n) is 7.26. The van der Waals surface area contributed by atoms with Crippen molar-refractivity contribution < 1.29 is 13.9 Å². The highest BCUT2D eigenvalue weighted by molar-refractivity contribution is 9.10. The Hall–Kier alpha value is -5.21. The van der Waals surface area contributed by atoms with Crippen molar-refractivity contribution in [2.45, 2.75) is 6.61 Å². The van der Waals surface area contributed by atoms with E-state index >= 15 is 0 Å². The molecule has 0 fully saturated rings. The summed E-state index contributed by atoms with van der Waals surface area (Å²) in [6, 6.07) is 34.7. The number of fused-ring (bicyclic) bond motifs is 3. The van der Waals surface area contributed by atoms with E-state index in [1.807, 2.05) is 66.7 Å².